The van der Waals surface area contributed by atoms with E-state index < -0.39 is 0 Å². The summed E-state index contributed by atoms with van der Waals surface area (Å²) in [6.45, 7) is 9.11. The molecule has 1 spiro atoms. The van der Waals surface area contributed by atoms with Crippen molar-refractivity contribution < 1.29 is 13.9 Å². The van der Waals surface area contributed by atoms with Gasteiger partial charge in [0.15, 0.2) is 0 Å². The van der Waals surface area contributed by atoms with Crippen LogP contribution in [0.3, 0.4) is 0 Å². The lowest BCUT2D eigenvalue weighted by Gasteiger charge is -2.36. The molecule has 1 aromatic carbocycles. The number of hydrogen-bond acceptors (Lipinski definition) is 5. The lowest BCUT2D eigenvalue weighted by molar-refractivity contribution is -0.135. The summed E-state index contributed by atoms with van der Waals surface area (Å²) in [4.78, 5) is 15.1. The van der Waals surface area contributed by atoms with E-state index in [9.17, 15) is 4.79 Å². The number of benzene rings is 1. The Hall–Kier alpha value is -2.21. The Bertz CT molecular complexity index is 835. The van der Waals surface area contributed by atoms with E-state index in [-0.39, 0.29) is 23.2 Å². The normalized spacial score (nSPS) is 21.2. The van der Waals surface area contributed by atoms with Gasteiger partial charge in [0.25, 0.3) is 0 Å². The first-order chi connectivity index (χ1) is 14.1. The molecule has 1 unspecified atom stereocenters. The van der Waals surface area contributed by atoms with Crippen LogP contribution in [0.1, 0.15) is 56.9 Å². The molecule has 2 fully saturated rings. The zero-order chi connectivity index (χ0) is 20.4. The topological polar surface area (TPSA) is 68.5 Å². The largest absolute Gasteiger partial charge is 0.420 e. The highest BCUT2D eigenvalue weighted by atomic mass is 16.5. The number of nitrogens with zero attached hydrogens (tertiary/aromatic N) is 3. The summed E-state index contributed by atoms with van der Waals surface area (Å²) in [6, 6.07) is 8.11. The molecule has 0 N–H and O–H groups in total. The third-order valence-electron chi connectivity index (χ3n) is 6.82. The summed E-state index contributed by atoms with van der Waals surface area (Å²) in [5, 5.41) is 8.75. The number of aryl methyl sites for hydroxylation is 1. The number of ether oxygens (including phenoxy) is 1. The monoisotopic (exact) mass is 397 g/mol. The van der Waals surface area contributed by atoms with Crippen LogP contribution in [0.25, 0.3) is 11.5 Å². The minimum atomic E-state index is -0.0307. The Morgan fingerprint density at radius 2 is 1.86 bits per heavy atom. The third-order valence-corrected chi connectivity index (χ3v) is 6.82. The second kappa shape index (κ2) is 8.27. The van der Waals surface area contributed by atoms with E-state index in [1.54, 1.807) is 0 Å². The molecule has 0 aliphatic carbocycles. The van der Waals surface area contributed by atoms with E-state index in [2.05, 4.69) is 31.0 Å². The van der Waals surface area contributed by atoms with Crippen molar-refractivity contribution in [2.75, 3.05) is 26.3 Å². The van der Waals surface area contributed by atoms with Gasteiger partial charge in [0.2, 0.25) is 17.7 Å². The molecule has 1 atom stereocenters. The van der Waals surface area contributed by atoms with Crippen LogP contribution in [0.4, 0.5) is 0 Å². The van der Waals surface area contributed by atoms with Crippen LogP contribution >= 0.6 is 0 Å². The molecule has 156 valence electrons. The lowest BCUT2D eigenvalue weighted by Crippen LogP contribution is -2.38. The molecular formula is C23H31N3O3. The fraction of sp³-hybridized carbons (Fsp3) is 0.609. The first kappa shape index (κ1) is 20.1. The summed E-state index contributed by atoms with van der Waals surface area (Å²) in [7, 11) is 0. The van der Waals surface area contributed by atoms with Gasteiger partial charge in [0, 0.05) is 43.2 Å². The molecule has 6 nitrogen and oxygen atoms in total. The van der Waals surface area contributed by atoms with E-state index >= 15 is 0 Å². The maximum absolute atomic E-state index is 13.1. The Kier molecular flexibility index (Phi) is 5.72. The SMILES string of the molecule is CCC(CC)C(=O)N1CC(c2nnc(-c3ccc(C)cc3)o2)C2(CCOCC2)C1. The first-order valence-electron chi connectivity index (χ1n) is 10.8. The van der Waals surface area contributed by atoms with Gasteiger partial charge in [-0.2, -0.15) is 0 Å². The van der Waals surface area contributed by atoms with Crippen LogP contribution in [0, 0.1) is 18.3 Å². The number of carbonyl (C=O) groups excluding carboxylic acids is 1. The van der Waals surface area contributed by atoms with E-state index in [4.69, 9.17) is 9.15 Å². The molecule has 3 heterocycles. The van der Waals surface area contributed by atoms with Crippen molar-refractivity contribution in [1.29, 1.82) is 0 Å². The van der Waals surface area contributed by atoms with Crippen LogP contribution < -0.4 is 0 Å². The number of likely N-dealkylation sites (tertiary alicyclic amines) is 1. The molecule has 0 bridgehead atoms. The predicted octanol–water partition coefficient (Wildman–Crippen LogP) is 4.20. The molecule has 6 heteroatoms. The molecular weight excluding hydrogens is 366 g/mol. The summed E-state index contributed by atoms with van der Waals surface area (Å²) in [6.07, 6.45) is 3.61. The third kappa shape index (κ3) is 3.82. The van der Waals surface area contributed by atoms with Gasteiger partial charge in [-0.05, 0) is 44.7 Å². The lowest BCUT2D eigenvalue weighted by atomic mass is 9.72. The van der Waals surface area contributed by atoms with E-state index in [0.717, 1.165) is 51.0 Å². The van der Waals surface area contributed by atoms with Crippen molar-refractivity contribution in [2.45, 2.75) is 52.4 Å². The van der Waals surface area contributed by atoms with Gasteiger partial charge in [-0.1, -0.05) is 31.5 Å². The Balaban J connectivity index is 1.62. The van der Waals surface area contributed by atoms with Crippen LogP contribution in [-0.4, -0.2) is 47.3 Å². The Labute approximate surface area is 172 Å². The highest BCUT2D eigenvalue weighted by molar-refractivity contribution is 5.79. The second-order valence-corrected chi connectivity index (χ2v) is 8.57. The Morgan fingerprint density at radius 3 is 2.52 bits per heavy atom. The molecule has 2 aliphatic rings. The minimum absolute atomic E-state index is 0.0307. The van der Waals surface area contributed by atoms with Gasteiger partial charge in [-0.15, -0.1) is 10.2 Å². The summed E-state index contributed by atoms with van der Waals surface area (Å²) in [5.41, 5.74) is 2.09. The maximum atomic E-state index is 13.1. The van der Waals surface area contributed by atoms with Crippen molar-refractivity contribution in [3.63, 3.8) is 0 Å². The van der Waals surface area contributed by atoms with Crippen LogP contribution in [-0.2, 0) is 9.53 Å². The molecule has 0 saturated carbocycles. The standard InChI is InChI=1S/C23H31N3O3/c1-4-17(5-2)22(27)26-14-19(23(15-26)10-12-28-13-11-23)21-25-24-20(29-21)18-8-6-16(3)7-9-18/h6-9,17,19H,4-5,10-15H2,1-3H3. The van der Waals surface area contributed by atoms with Gasteiger partial charge in [0.05, 0.1) is 5.92 Å². The molecule has 1 amide bonds. The molecule has 2 aromatic rings. The van der Waals surface area contributed by atoms with E-state index in [0.29, 0.717) is 18.3 Å². The number of hydrogen-bond donors (Lipinski definition) is 0. The maximum Gasteiger partial charge on any atom is 0.247 e. The number of aromatic nitrogens is 2. The average Bonchev–Trinajstić information content (AvgIpc) is 3.35. The van der Waals surface area contributed by atoms with Crippen LogP contribution in [0.15, 0.2) is 28.7 Å². The number of amides is 1. The number of carbonyl (C=O) groups is 1. The zero-order valence-electron chi connectivity index (χ0n) is 17.7. The van der Waals surface area contributed by atoms with Crippen molar-refractivity contribution in [1.82, 2.24) is 15.1 Å². The van der Waals surface area contributed by atoms with Crippen LogP contribution in [0.5, 0.6) is 0 Å². The minimum Gasteiger partial charge on any atom is -0.420 e. The molecule has 2 aliphatic heterocycles. The fourth-order valence-electron chi connectivity index (χ4n) is 4.85. The highest BCUT2D eigenvalue weighted by Crippen LogP contribution is 2.49. The second-order valence-electron chi connectivity index (χ2n) is 8.57. The van der Waals surface area contributed by atoms with Gasteiger partial charge in [-0.3, -0.25) is 4.79 Å². The first-order valence-corrected chi connectivity index (χ1v) is 10.8. The van der Waals surface area contributed by atoms with Crippen molar-refractivity contribution >= 4 is 5.91 Å². The van der Waals surface area contributed by atoms with Crippen LogP contribution in [0.2, 0.25) is 0 Å². The van der Waals surface area contributed by atoms with Crippen molar-refractivity contribution in [3.8, 4) is 11.5 Å². The van der Waals surface area contributed by atoms with Gasteiger partial charge in [-0.25, -0.2) is 0 Å². The number of rotatable bonds is 5. The summed E-state index contributed by atoms with van der Waals surface area (Å²) < 4.78 is 11.8. The Morgan fingerprint density at radius 1 is 1.17 bits per heavy atom. The van der Waals surface area contributed by atoms with Gasteiger partial charge >= 0.3 is 0 Å². The van der Waals surface area contributed by atoms with Crippen molar-refractivity contribution in [2.24, 2.45) is 11.3 Å². The molecule has 29 heavy (non-hydrogen) atoms. The molecule has 2 saturated heterocycles. The summed E-state index contributed by atoms with van der Waals surface area (Å²) in [5.74, 6) is 1.63. The molecule has 1 aromatic heterocycles. The van der Waals surface area contributed by atoms with E-state index in [1.807, 2.05) is 29.2 Å². The molecule has 4 rings (SSSR count). The smallest absolute Gasteiger partial charge is 0.247 e. The van der Waals surface area contributed by atoms with Crippen molar-refractivity contribution in [3.05, 3.63) is 35.7 Å². The van der Waals surface area contributed by atoms with E-state index in [1.165, 1.54) is 5.56 Å². The highest BCUT2D eigenvalue weighted by Gasteiger charge is 2.51. The quantitative estimate of drug-likeness (QED) is 0.756. The fourth-order valence-corrected chi connectivity index (χ4v) is 4.85. The molecule has 0 radical (unpaired) electrons. The zero-order valence-corrected chi connectivity index (χ0v) is 17.7. The van der Waals surface area contributed by atoms with Gasteiger partial charge in [0.1, 0.15) is 0 Å². The van der Waals surface area contributed by atoms with Gasteiger partial charge < -0.3 is 14.1 Å². The average molecular weight is 398 g/mol. The predicted molar refractivity (Wildman–Crippen MR) is 110 cm³/mol. The summed E-state index contributed by atoms with van der Waals surface area (Å²) >= 11 is 0.